The van der Waals surface area contributed by atoms with E-state index in [0.29, 0.717) is 12.5 Å². The van der Waals surface area contributed by atoms with E-state index < -0.39 is 0 Å². The summed E-state index contributed by atoms with van der Waals surface area (Å²) in [6.45, 7) is 3.86. The zero-order valence-electron chi connectivity index (χ0n) is 15.1. The van der Waals surface area contributed by atoms with E-state index in [-0.39, 0.29) is 36.4 Å². The minimum atomic E-state index is 0. The Morgan fingerprint density at radius 3 is 2.69 bits per heavy atom. The number of carbonyl (C=O) groups excluding carboxylic acids is 1. The van der Waals surface area contributed by atoms with Crippen molar-refractivity contribution in [1.29, 1.82) is 0 Å². The van der Waals surface area contributed by atoms with Crippen molar-refractivity contribution in [3.63, 3.8) is 0 Å². The maximum Gasteiger partial charge on any atom is 0.246 e. The lowest BCUT2D eigenvalue weighted by Gasteiger charge is -2.18. The lowest BCUT2D eigenvalue weighted by atomic mass is 10.2. The van der Waals surface area contributed by atoms with Crippen molar-refractivity contribution in [2.75, 3.05) is 25.0 Å². The Labute approximate surface area is 175 Å². The van der Waals surface area contributed by atoms with E-state index in [0.717, 1.165) is 25.1 Å². The van der Waals surface area contributed by atoms with Crippen LogP contribution in [0.2, 0.25) is 0 Å². The van der Waals surface area contributed by atoms with E-state index in [1.165, 1.54) is 15.3 Å². The highest BCUT2D eigenvalue weighted by molar-refractivity contribution is 14.0. The number of aryl methyl sites for hydroxylation is 1. The molecular formula is C19H25IN4OS. The second kappa shape index (κ2) is 9.91. The van der Waals surface area contributed by atoms with Gasteiger partial charge in [-0.1, -0.05) is 25.1 Å². The van der Waals surface area contributed by atoms with Gasteiger partial charge in [-0.05, 0) is 36.6 Å². The number of halogens is 1. The van der Waals surface area contributed by atoms with Gasteiger partial charge in [-0.2, -0.15) is 0 Å². The minimum absolute atomic E-state index is 0. The van der Waals surface area contributed by atoms with E-state index in [1.54, 1.807) is 18.4 Å². The predicted octanol–water partition coefficient (Wildman–Crippen LogP) is 3.18. The van der Waals surface area contributed by atoms with E-state index in [9.17, 15) is 4.79 Å². The summed E-state index contributed by atoms with van der Waals surface area (Å²) in [5, 5.41) is 6.39. The third-order valence-electron chi connectivity index (χ3n) is 4.31. The van der Waals surface area contributed by atoms with Gasteiger partial charge in [-0.15, -0.1) is 35.3 Å². The number of para-hydroxylation sites is 1. The predicted molar refractivity (Wildman–Crippen MR) is 120 cm³/mol. The van der Waals surface area contributed by atoms with Gasteiger partial charge >= 0.3 is 0 Å². The summed E-state index contributed by atoms with van der Waals surface area (Å²) in [4.78, 5) is 21.2. The second-order valence-electron chi connectivity index (χ2n) is 5.92. The Kier molecular flexibility index (Phi) is 7.89. The molecule has 0 fully saturated rings. The molecule has 1 aliphatic rings. The highest BCUT2D eigenvalue weighted by Crippen LogP contribution is 2.27. The molecule has 2 N–H and O–H groups in total. The van der Waals surface area contributed by atoms with Crippen LogP contribution in [0.4, 0.5) is 5.69 Å². The van der Waals surface area contributed by atoms with E-state index in [4.69, 9.17) is 0 Å². The summed E-state index contributed by atoms with van der Waals surface area (Å²) in [7, 11) is 1.72. The zero-order valence-corrected chi connectivity index (χ0v) is 18.3. The number of fused-ring (bicyclic) bond motifs is 1. The maximum absolute atomic E-state index is 12.5. The molecule has 7 heteroatoms. The average molecular weight is 484 g/mol. The summed E-state index contributed by atoms with van der Waals surface area (Å²) in [5.41, 5.74) is 2.27. The lowest BCUT2D eigenvalue weighted by molar-refractivity contribution is -0.117. The number of carbonyl (C=O) groups is 1. The largest absolute Gasteiger partial charge is 0.352 e. The molecule has 1 amide bonds. The molecule has 0 saturated carbocycles. The molecule has 0 atom stereocenters. The molecule has 1 aromatic carbocycles. The fourth-order valence-electron chi connectivity index (χ4n) is 2.95. The topological polar surface area (TPSA) is 56.7 Å². The molecule has 2 aromatic rings. The maximum atomic E-state index is 12.5. The molecule has 1 aliphatic heterocycles. The standard InChI is InChI=1S/C19H24N4OS.HI/c1-3-15-8-9-16(25-15)12-21-19(20-2)22-13-18(24)23-11-10-14-6-4-5-7-17(14)23;/h4-9H,3,10-13H2,1-2H3,(H2,20,21,22);1H. The Hall–Kier alpha value is -1.61. The van der Waals surface area contributed by atoms with Crippen LogP contribution in [-0.4, -0.2) is 32.0 Å². The summed E-state index contributed by atoms with van der Waals surface area (Å²) in [6, 6.07) is 12.4. The number of benzene rings is 1. The van der Waals surface area contributed by atoms with Crippen LogP contribution in [-0.2, 0) is 24.2 Å². The van der Waals surface area contributed by atoms with E-state index in [2.05, 4.69) is 40.7 Å². The number of nitrogens with zero attached hydrogens (tertiary/aromatic N) is 2. The molecule has 1 aromatic heterocycles. The number of hydrogen-bond donors (Lipinski definition) is 2. The lowest BCUT2D eigenvalue weighted by Crippen LogP contribution is -2.44. The van der Waals surface area contributed by atoms with Gasteiger partial charge in [0.2, 0.25) is 5.91 Å². The highest BCUT2D eigenvalue weighted by Gasteiger charge is 2.23. The van der Waals surface area contributed by atoms with Gasteiger partial charge in [0.05, 0.1) is 13.1 Å². The first-order valence-electron chi connectivity index (χ1n) is 8.61. The third-order valence-corrected chi connectivity index (χ3v) is 5.54. The Bertz CT molecular complexity index is 774. The number of aliphatic imine (C=N–C) groups is 1. The summed E-state index contributed by atoms with van der Waals surface area (Å²) in [5.74, 6) is 0.713. The summed E-state index contributed by atoms with van der Waals surface area (Å²) >= 11 is 1.80. The zero-order chi connectivity index (χ0) is 17.6. The number of anilines is 1. The number of nitrogens with one attached hydrogen (secondary N) is 2. The molecule has 140 valence electrons. The molecule has 0 unspecified atom stereocenters. The Morgan fingerprint density at radius 1 is 1.19 bits per heavy atom. The fraction of sp³-hybridized carbons (Fsp3) is 0.368. The molecule has 0 spiro atoms. The second-order valence-corrected chi connectivity index (χ2v) is 7.18. The van der Waals surface area contributed by atoms with E-state index >= 15 is 0 Å². The van der Waals surface area contributed by atoms with Gasteiger partial charge in [0.25, 0.3) is 0 Å². The molecule has 2 heterocycles. The van der Waals surface area contributed by atoms with Gasteiger partial charge in [0.1, 0.15) is 0 Å². The van der Waals surface area contributed by atoms with Crippen LogP contribution in [0.15, 0.2) is 41.4 Å². The van der Waals surface area contributed by atoms with Crippen LogP contribution in [0.5, 0.6) is 0 Å². The van der Waals surface area contributed by atoms with Gasteiger partial charge in [-0.25, -0.2) is 0 Å². The number of hydrogen-bond acceptors (Lipinski definition) is 3. The average Bonchev–Trinajstić information content (AvgIpc) is 3.28. The van der Waals surface area contributed by atoms with Crippen molar-refractivity contribution >= 4 is 52.9 Å². The number of thiophene rings is 1. The number of rotatable bonds is 5. The Balaban J connectivity index is 0.00000243. The number of amides is 1. The summed E-state index contributed by atoms with van der Waals surface area (Å²) in [6.07, 6.45) is 1.98. The normalized spacial score (nSPS) is 13.2. The monoisotopic (exact) mass is 484 g/mol. The Morgan fingerprint density at radius 2 is 1.96 bits per heavy atom. The quantitative estimate of drug-likeness (QED) is 0.390. The van der Waals surface area contributed by atoms with Crippen LogP contribution in [0.25, 0.3) is 0 Å². The smallest absolute Gasteiger partial charge is 0.246 e. The van der Waals surface area contributed by atoms with Crippen LogP contribution >= 0.6 is 35.3 Å². The molecule has 0 bridgehead atoms. The van der Waals surface area contributed by atoms with Crippen LogP contribution in [0.1, 0.15) is 22.2 Å². The van der Waals surface area contributed by atoms with Gasteiger partial charge in [0.15, 0.2) is 5.96 Å². The SMILES string of the molecule is CCc1ccc(CNC(=NC)NCC(=O)N2CCc3ccccc32)s1.I. The van der Waals surface area contributed by atoms with Gasteiger partial charge in [0, 0.05) is 29.0 Å². The number of guanidine groups is 1. The third kappa shape index (κ3) is 4.97. The van der Waals surface area contributed by atoms with Crippen molar-refractivity contribution in [3.8, 4) is 0 Å². The summed E-state index contributed by atoms with van der Waals surface area (Å²) < 4.78 is 0. The molecule has 0 aliphatic carbocycles. The van der Waals surface area contributed by atoms with E-state index in [1.807, 2.05) is 23.1 Å². The first-order valence-corrected chi connectivity index (χ1v) is 9.43. The van der Waals surface area contributed by atoms with Crippen LogP contribution < -0.4 is 15.5 Å². The van der Waals surface area contributed by atoms with Crippen molar-refractivity contribution in [3.05, 3.63) is 51.7 Å². The van der Waals surface area contributed by atoms with Gasteiger partial charge < -0.3 is 15.5 Å². The fourth-order valence-corrected chi connectivity index (χ4v) is 3.85. The molecule has 0 radical (unpaired) electrons. The molecule has 3 rings (SSSR count). The highest BCUT2D eigenvalue weighted by atomic mass is 127. The van der Waals surface area contributed by atoms with Crippen LogP contribution in [0.3, 0.4) is 0 Å². The first-order chi connectivity index (χ1) is 12.2. The molecular weight excluding hydrogens is 459 g/mol. The molecule has 5 nitrogen and oxygen atoms in total. The van der Waals surface area contributed by atoms with Crippen LogP contribution in [0, 0.1) is 0 Å². The molecule has 26 heavy (non-hydrogen) atoms. The minimum Gasteiger partial charge on any atom is -0.352 e. The molecule has 0 saturated heterocycles. The first kappa shape index (κ1) is 20.7. The van der Waals surface area contributed by atoms with Crippen molar-refractivity contribution in [2.45, 2.75) is 26.3 Å². The van der Waals surface area contributed by atoms with Gasteiger partial charge in [-0.3, -0.25) is 9.79 Å². The van der Waals surface area contributed by atoms with Crippen molar-refractivity contribution in [2.24, 2.45) is 4.99 Å². The van der Waals surface area contributed by atoms with Crippen molar-refractivity contribution in [1.82, 2.24) is 10.6 Å². The van der Waals surface area contributed by atoms with Crippen molar-refractivity contribution < 1.29 is 4.79 Å².